The lowest BCUT2D eigenvalue weighted by molar-refractivity contribution is -0.137. The van der Waals surface area contributed by atoms with Gasteiger partial charge in [0.2, 0.25) is 5.91 Å². The van der Waals surface area contributed by atoms with Crippen molar-refractivity contribution >= 4 is 28.4 Å². The number of halogens is 4. The van der Waals surface area contributed by atoms with E-state index in [0.29, 0.717) is 18.7 Å². The Morgan fingerprint density at radius 1 is 1.19 bits per heavy atom. The van der Waals surface area contributed by atoms with Crippen LogP contribution in [0.25, 0.3) is 10.9 Å². The first-order valence-electron chi connectivity index (χ1n) is 10.5. The molecule has 4 rings (SSSR count). The second kappa shape index (κ2) is 8.58. The van der Waals surface area contributed by atoms with Crippen LogP contribution >= 0.6 is 11.6 Å². The Bertz CT molecular complexity index is 1100. The van der Waals surface area contributed by atoms with E-state index in [1.165, 1.54) is 6.07 Å². The van der Waals surface area contributed by atoms with E-state index in [-0.39, 0.29) is 17.4 Å². The van der Waals surface area contributed by atoms with Crippen LogP contribution < -0.4 is 0 Å². The molecule has 7 heteroatoms. The molecule has 0 bridgehead atoms. The van der Waals surface area contributed by atoms with E-state index in [0.717, 1.165) is 47.4 Å². The zero-order valence-electron chi connectivity index (χ0n) is 17.2. The van der Waals surface area contributed by atoms with Crippen LogP contribution in [0.5, 0.6) is 0 Å². The number of nitrogens with one attached hydrogen (secondary N) is 1. The molecule has 1 aliphatic rings. The summed E-state index contributed by atoms with van der Waals surface area (Å²) in [5.41, 5.74) is 2.48. The number of aromatic amines is 1. The second-order valence-electron chi connectivity index (χ2n) is 8.02. The third kappa shape index (κ3) is 4.31. The molecule has 1 fully saturated rings. The third-order valence-corrected chi connectivity index (χ3v) is 6.46. The highest BCUT2D eigenvalue weighted by Crippen LogP contribution is 2.40. The Hall–Kier alpha value is -2.47. The molecule has 1 N–H and O–H groups in total. The van der Waals surface area contributed by atoms with Crippen LogP contribution in [0.1, 0.15) is 54.4 Å². The summed E-state index contributed by atoms with van der Waals surface area (Å²) in [5.74, 6) is -0.542. The van der Waals surface area contributed by atoms with Crippen molar-refractivity contribution in [1.29, 1.82) is 0 Å². The lowest BCUT2D eigenvalue weighted by Gasteiger charge is -2.22. The van der Waals surface area contributed by atoms with Gasteiger partial charge in [-0.15, -0.1) is 0 Å². The Morgan fingerprint density at radius 3 is 2.61 bits per heavy atom. The quantitative estimate of drug-likeness (QED) is 0.472. The largest absolute Gasteiger partial charge is 0.417 e. The van der Waals surface area contributed by atoms with Gasteiger partial charge in [-0.05, 0) is 48.1 Å². The van der Waals surface area contributed by atoms with Crippen LogP contribution in [0.2, 0.25) is 5.02 Å². The lowest BCUT2D eigenvalue weighted by atomic mass is 9.86. The first kappa shape index (κ1) is 21.8. The standard InChI is InChI=1S/C24H24ClF3N2O/c1-2-15-6-5-7-17-19(14-29-23(15)17)18(13-22(31)30-10-3-4-11-30)16-8-9-21(25)20(12-16)24(26,27)28/h5-9,12,14,18,29H,2-4,10-11,13H2,1H3/t18-/m1/s1. The first-order valence-corrected chi connectivity index (χ1v) is 10.9. The Kier molecular flexibility index (Phi) is 6.02. The molecule has 1 aliphatic heterocycles. The van der Waals surface area contributed by atoms with Gasteiger partial charge in [0.25, 0.3) is 0 Å². The number of fused-ring (bicyclic) bond motifs is 1. The van der Waals surface area contributed by atoms with Gasteiger partial charge < -0.3 is 9.88 Å². The topological polar surface area (TPSA) is 36.1 Å². The number of carbonyl (C=O) groups excluding carboxylic acids is 1. The molecule has 0 saturated carbocycles. The summed E-state index contributed by atoms with van der Waals surface area (Å²) in [5, 5.41) is 0.593. The summed E-state index contributed by atoms with van der Waals surface area (Å²) in [6.07, 6.45) is 0.126. The summed E-state index contributed by atoms with van der Waals surface area (Å²) >= 11 is 5.85. The molecule has 0 radical (unpaired) electrons. The maximum Gasteiger partial charge on any atom is 0.417 e. The lowest BCUT2D eigenvalue weighted by Crippen LogP contribution is -2.29. The Labute approximate surface area is 184 Å². The Morgan fingerprint density at radius 2 is 1.94 bits per heavy atom. The van der Waals surface area contributed by atoms with Gasteiger partial charge in [0.15, 0.2) is 0 Å². The van der Waals surface area contributed by atoms with Crippen molar-refractivity contribution in [2.45, 2.75) is 44.7 Å². The number of benzene rings is 2. The van der Waals surface area contributed by atoms with Crippen molar-refractivity contribution in [2.75, 3.05) is 13.1 Å². The second-order valence-corrected chi connectivity index (χ2v) is 8.43. The van der Waals surface area contributed by atoms with E-state index in [2.05, 4.69) is 11.9 Å². The third-order valence-electron chi connectivity index (χ3n) is 6.13. The monoisotopic (exact) mass is 448 g/mol. The number of hydrogen-bond acceptors (Lipinski definition) is 1. The maximum absolute atomic E-state index is 13.5. The van der Waals surface area contributed by atoms with Crippen LogP contribution in [0.3, 0.4) is 0 Å². The number of para-hydroxylation sites is 1. The number of H-pyrrole nitrogens is 1. The molecule has 1 saturated heterocycles. The van der Waals surface area contributed by atoms with Crippen LogP contribution in [0, 0.1) is 0 Å². The molecule has 0 unspecified atom stereocenters. The highest BCUT2D eigenvalue weighted by molar-refractivity contribution is 6.31. The average Bonchev–Trinajstić information content (AvgIpc) is 3.41. The van der Waals surface area contributed by atoms with Gasteiger partial charge in [-0.2, -0.15) is 13.2 Å². The van der Waals surface area contributed by atoms with E-state index < -0.39 is 17.7 Å². The first-order chi connectivity index (χ1) is 14.8. The minimum absolute atomic E-state index is 0.0352. The van der Waals surface area contributed by atoms with Crippen LogP contribution in [0.15, 0.2) is 42.6 Å². The predicted octanol–water partition coefficient (Wildman–Crippen LogP) is 6.55. The number of carbonyl (C=O) groups is 1. The van der Waals surface area contributed by atoms with Gasteiger partial charge in [0.1, 0.15) is 0 Å². The van der Waals surface area contributed by atoms with Gasteiger partial charge in [0.05, 0.1) is 10.6 Å². The number of hydrogen-bond donors (Lipinski definition) is 1. The summed E-state index contributed by atoms with van der Waals surface area (Å²) in [4.78, 5) is 18.1. The number of amides is 1. The number of alkyl halides is 3. The van der Waals surface area contributed by atoms with Crippen molar-refractivity contribution in [3.63, 3.8) is 0 Å². The molecule has 3 aromatic rings. The van der Waals surface area contributed by atoms with Crippen molar-refractivity contribution in [3.8, 4) is 0 Å². The predicted molar refractivity (Wildman–Crippen MR) is 116 cm³/mol. The average molecular weight is 449 g/mol. The Balaban J connectivity index is 1.82. The number of rotatable bonds is 5. The van der Waals surface area contributed by atoms with Crippen molar-refractivity contribution in [1.82, 2.24) is 9.88 Å². The number of aryl methyl sites for hydroxylation is 1. The zero-order valence-corrected chi connectivity index (χ0v) is 18.0. The fourth-order valence-corrected chi connectivity index (χ4v) is 4.70. The van der Waals surface area contributed by atoms with Gasteiger partial charge in [-0.1, -0.05) is 42.8 Å². The fraction of sp³-hybridized carbons (Fsp3) is 0.375. The molecule has 1 aromatic heterocycles. The summed E-state index contributed by atoms with van der Waals surface area (Å²) in [6, 6.07) is 9.89. The SMILES string of the molecule is CCc1cccc2c([C@H](CC(=O)N3CCCC3)c3ccc(Cl)c(C(F)(F)F)c3)c[nH]c12. The van der Waals surface area contributed by atoms with E-state index in [1.807, 2.05) is 24.4 Å². The van der Waals surface area contributed by atoms with E-state index >= 15 is 0 Å². The molecular formula is C24H24ClF3N2O. The number of aromatic nitrogens is 1. The number of nitrogens with zero attached hydrogens (tertiary/aromatic N) is 1. The van der Waals surface area contributed by atoms with Crippen LogP contribution in [-0.4, -0.2) is 28.9 Å². The molecule has 0 spiro atoms. The van der Waals surface area contributed by atoms with Gasteiger partial charge in [-0.3, -0.25) is 4.79 Å². The van der Waals surface area contributed by atoms with Crippen LogP contribution in [0.4, 0.5) is 13.2 Å². The molecule has 3 nitrogen and oxygen atoms in total. The summed E-state index contributed by atoms with van der Waals surface area (Å²) < 4.78 is 40.6. The highest BCUT2D eigenvalue weighted by atomic mass is 35.5. The van der Waals surface area contributed by atoms with Crippen molar-refractivity contribution in [3.05, 3.63) is 69.9 Å². The van der Waals surface area contributed by atoms with E-state index in [4.69, 9.17) is 11.6 Å². The van der Waals surface area contributed by atoms with Crippen LogP contribution in [-0.2, 0) is 17.4 Å². The minimum Gasteiger partial charge on any atom is -0.361 e. The molecular weight excluding hydrogens is 425 g/mol. The molecule has 2 aromatic carbocycles. The normalized spacial score (nSPS) is 15.6. The molecule has 164 valence electrons. The summed E-state index contributed by atoms with van der Waals surface area (Å²) in [6.45, 7) is 3.46. The van der Waals surface area contributed by atoms with Crippen molar-refractivity contribution < 1.29 is 18.0 Å². The molecule has 1 amide bonds. The molecule has 31 heavy (non-hydrogen) atoms. The van der Waals surface area contributed by atoms with Crippen molar-refractivity contribution in [2.24, 2.45) is 0 Å². The number of likely N-dealkylation sites (tertiary alicyclic amines) is 1. The van der Waals surface area contributed by atoms with Gasteiger partial charge >= 0.3 is 6.18 Å². The smallest absolute Gasteiger partial charge is 0.361 e. The van der Waals surface area contributed by atoms with Gasteiger partial charge in [-0.25, -0.2) is 0 Å². The van der Waals surface area contributed by atoms with Gasteiger partial charge in [0, 0.05) is 42.5 Å². The zero-order chi connectivity index (χ0) is 22.2. The van der Waals surface area contributed by atoms with E-state index in [1.54, 1.807) is 11.0 Å². The summed E-state index contributed by atoms with van der Waals surface area (Å²) in [7, 11) is 0. The minimum atomic E-state index is -4.56. The fourth-order valence-electron chi connectivity index (χ4n) is 4.48. The highest BCUT2D eigenvalue weighted by Gasteiger charge is 2.35. The molecule has 2 heterocycles. The molecule has 1 atom stereocenters. The molecule has 0 aliphatic carbocycles. The maximum atomic E-state index is 13.5. The van der Waals surface area contributed by atoms with E-state index in [9.17, 15) is 18.0 Å².